The lowest BCUT2D eigenvalue weighted by Crippen LogP contribution is -2.55. The van der Waals surface area contributed by atoms with Crippen molar-refractivity contribution in [3.05, 3.63) is 58.7 Å². The first-order chi connectivity index (χ1) is 16.2. The van der Waals surface area contributed by atoms with Crippen LogP contribution in [0.1, 0.15) is 48.4 Å². The van der Waals surface area contributed by atoms with Crippen LogP contribution in [-0.4, -0.2) is 69.9 Å². The van der Waals surface area contributed by atoms with E-state index in [1.165, 1.54) is 43.3 Å². The smallest absolute Gasteiger partial charge is 0.336 e. The van der Waals surface area contributed by atoms with Crippen LogP contribution in [0.3, 0.4) is 0 Å². The Hall–Kier alpha value is -3.13. The molecule has 1 amide bonds. The second-order valence-electron chi connectivity index (χ2n) is 9.52. The fourth-order valence-electron chi connectivity index (χ4n) is 3.93. The van der Waals surface area contributed by atoms with Gasteiger partial charge in [-0.15, -0.1) is 0 Å². The van der Waals surface area contributed by atoms with Gasteiger partial charge in [0.2, 0.25) is 0 Å². The Kier molecular flexibility index (Phi) is 8.90. The van der Waals surface area contributed by atoms with Crippen LogP contribution in [-0.2, 0) is 4.12 Å². The normalized spacial score (nSPS) is 11.7. The lowest BCUT2D eigenvalue weighted by Gasteiger charge is -2.34. The molecule has 2 aromatic rings. The topological polar surface area (TPSA) is 142 Å². The maximum absolute atomic E-state index is 13.1. The Morgan fingerprint density at radius 2 is 1.23 bits per heavy atom. The van der Waals surface area contributed by atoms with Crippen LogP contribution < -0.4 is 10.6 Å². The highest BCUT2D eigenvalue weighted by molar-refractivity contribution is 6.85. The van der Waals surface area contributed by atoms with Crippen LogP contribution in [0.25, 0.3) is 11.1 Å². The van der Waals surface area contributed by atoms with E-state index in [-0.39, 0.29) is 22.3 Å². The van der Waals surface area contributed by atoms with Crippen molar-refractivity contribution in [2.24, 2.45) is 0 Å². The van der Waals surface area contributed by atoms with Gasteiger partial charge < -0.3 is 25.0 Å². The summed E-state index contributed by atoms with van der Waals surface area (Å²) in [6.07, 6.45) is 1.07. The third-order valence-electron chi connectivity index (χ3n) is 5.29. The van der Waals surface area contributed by atoms with E-state index in [2.05, 4.69) is 23.7 Å². The van der Waals surface area contributed by atoms with E-state index in [4.69, 9.17) is 4.12 Å². The maximum atomic E-state index is 13.1. The van der Waals surface area contributed by atoms with Gasteiger partial charge in [0.15, 0.2) is 22.4 Å². The Balaban J connectivity index is 2.39. The van der Waals surface area contributed by atoms with Gasteiger partial charge >= 0.3 is 11.9 Å². The fraction of sp³-hybridized carbons (Fsp3) is 0.333. The largest absolute Gasteiger partial charge is 0.478 e. The van der Waals surface area contributed by atoms with Gasteiger partial charge in [-0.1, -0.05) is 12.1 Å². The molecule has 11 heteroatoms. The molecule has 0 atom stereocenters. The molecular formula is C24H32N2O7Si2. The SMILES string of the molecule is CNC[Si](C)(C)O[Si](C)(C)CNC(=O)c1cc(-c2ccc(C(=O)O)c(C(C)=O)c2)ccc1C(=O)O. The van der Waals surface area contributed by atoms with Crippen LogP contribution in [0.5, 0.6) is 0 Å². The third-order valence-corrected chi connectivity index (χ3v) is 11.9. The Bertz CT molecular complexity index is 1160. The molecule has 0 bridgehead atoms. The number of aromatic carboxylic acids is 2. The summed E-state index contributed by atoms with van der Waals surface area (Å²) in [7, 11) is -2.38. The summed E-state index contributed by atoms with van der Waals surface area (Å²) in [6.45, 7) is 9.46. The van der Waals surface area contributed by atoms with Crippen molar-refractivity contribution in [3.8, 4) is 11.1 Å². The van der Waals surface area contributed by atoms with Gasteiger partial charge in [-0.05, 0) is 75.6 Å². The highest BCUT2D eigenvalue weighted by Gasteiger charge is 2.33. The number of amides is 1. The monoisotopic (exact) mass is 516 g/mol. The van der Waals surface area contributed by atoms with E-state index in [0.29, 0.717) is 17.3 Å². The van der Waals surface area contributed by atoms with E-state index >= 15 is 0 Å². The summed E-state index contributed by atoms with van der Waals surface area (Å²) in [5.41, 5.74) is 0.683. The Morgan fingerprint density at radius 3 is 1.69 bits per heavy atom. The van der Waals surface area contributed by atoms with Crippen LogP contribution in [0.2, 0.25) is 26.2 Å². The Labute approximate surface area is 206 Å². The number of carbonyl (C=O) groups excluding carboxylic acids is 2. The van der Waals surface area contributed by atoms with Gasteiger partial charge in [0.1, 0.15) is 0 Å². The molecule has 0 heterocycles. The number of carboxylic acid groups (broad SMARTS) is 2. The summed E-state index contributed by atoms with van der Waals surface area (Å²) in [6, 6.07) is 8.56. The summed E-state index contributed by atoms with van der Waals surface area (Å²) < 4.78 is 6.39. The molecule has 4 N–H and O–H groups in total. The first kappa shape index (κ1) is 28.1. The fourth-order valence-corrected chi connectivity index (χ4v) is 11.9. The first-order valence-corrected chi connectivity index (χ1v) is 17.3. The van der Waals surface area contributed by atoms with Crippen molar-refractivity contribution in [3.63, 3.8) is 0 Å². The minimum absolute atomic E-state index is 0.0292. The van der Waals surface area contributed by atoms with Crippen LogP contribution >= 0.6 is 0 Å². The number of nitrogens with one attached hydrogen (secondary N) is 2. The average Bonchev–Trinajstić information content (AvgIpc) is 2.75. The summed E-state index contributed by atoms with van der Waals surface area (Å²) >= 11 is 0. The minimum atomic E-state index is -2.28. The molecule has 2 aromatic carbocycles. The second-order valence-corrected chi connectivity index (χ2v) is 18.1. The summed E-state index contributed by atoms with van der Waals surface area (Å²) in [5.74, 6) is -3.43. The van der Waals surface area contributed by atoms with Crippen molar-refractivity contribution in [1.29, 1.82) is 0 Å². The molecule has 0 aliphatic rings. The number of carboxylic acids is 2. The predicted octanol–water partition coefficient (Wildman–Crippen LogP) is 3.41. The number of benzene rings is 2. The van der Waals surface area contributed by atoms with Gasteiger partial charge in [0, 0.05) is 17.9 Å². The zero-order chi connectivity index (χ0) is 26.6. The minimum Gasteiger partial charge on any atom is -0.478 e. The number of ketones is 1. The predicted molar refractivity (Wildman–Crippen MR) is 138 cm³/mol. The van der Waals surface area contributed by atoms with Gasteiger partial charge in [0.05, 0.1) is 16.7 Å². The molecule has 35 heavy (non-hydrogen) atoms. The van der Waals surface area contributed by atoms with E-state index < -0.39 is 40.3 Å². The third kappa shape index (κ3) is 7.43. The van der Waals surface area contributed by atoms with Crippen molar-refractivity contribution >= 4 is 40.3 Å². The van der Waals surface area contributed by atoms with Gasteiger partial charge in [-0.25, -0.2) is 9.59 Å². The van der Waals surface area contributed by atoms with Crippen LogP contribution in [0.4, 0.5) is 0 Å². The van der Waals surface area contributed by atoms with Crippen molar-refractivity contribution < 1.29 is 33.5 Å². The van der Waals surface area contributed by atoms with E-state index in [0.717, 1.165) is 6.17 Å². The van der Waals surface area contributed by atoms with Crippen molar-refractivity contribution in [1.82, 2.24) is 10.6 Å². The number of hydrogen-bond acceptors (Lipinski definition) is 6. The molecule has 0 radical (unpaired) electrons. The molecule has 0 aliphatic heterocycles. The van der Waals surface area contributed by atoms with E-state index in [1.54, 1.807) is 0 Å². The average molecular weight is 517 g/mol. The molecule has 0 unspecified atom stereocenters. The van der Waals surface area contributed by atoms with E-state index in [1.807, 2.05) is 20.1 Å². The summed E-state index contributed by atoms with van der Waals surface area (Å²) in [5, 5.41) is 24.9. The molecule has 0 aliphatic carbocycles. The number of carbonyl (C=O) groups is 4. The molecule has 188 valence electrons. The quantitative estimate of drug-likeness (QED) is 0.263. The van der Waals surface area contributed by atoms with Crippen LogP contribution in [0.15, 0.2) is 36.4 Å². The number of rotatable bonds is 11. The molecule has 0 spiro atoms. The molecule has 0 fully saturated rings. The van der Waals surface area contributed by atoms with E-state index in [9.17, 15) is 29.4 Å². The molecule has 0 saturated heterocycles. The summed E-state index contributed by atoms with van der Waals surface area (Å²) in [4.78, 5) is 48.3. The molecular weight excluding hydrogens is 484 g/mol. The highest BCUT2D eigenvalue weighted by atomic mass is 28.4. The highest BCUT2D eigenvalue weighted by Crippen LogP contribution is 2.26. The second kappa shape index (κ2) is 11.1. The molecule has 0 aromatic heterocycles. The number of Topliss-reactive ketones (excluding diaryl/α,β-unsaturated/α-hetero) is 1. The van der Waals surface area contributed by atoms with Gasteiger partial charge in [0.25, 0.3) is 5.91 Å². The lowest BCUT2D eigenvalue weighted by atomic mass is 9.94. The van der Waals surface area contributed by atoms with Crippen molar-refractivity contribution in [2.45, 2.75) is 33.1 Å². The van der Waals surface area contributed by atoms with Gasteiger partial charge in [-0.3, -0.25) is 9.59 Å². The van der Waals surface area contributed by atoms with Crippen LogP contribution in [0, 0.1) is 0 Å². The van der Waals surface area contributed by atoms with Crippen molar-refractivity contribution in [2.75, 3.05) is 19.4 Å². The first-order valence-electron chi connectivity index (χ1n) is 11.1. The standard InChI is InChI=1S/C24H32N2O7Si2/c1-15(27)20-11-16(7-9-18(20)23(29)30)17-8-10-19(24(31)32)21(12-17)22(28)26-14-35(5,6)33-34(3,4)13-25-2/h7-12,25H,13-14H2,1-6H3,(H,26,28)(H,29,30)(H,31,32). The lowest BCUT2D eigenvalue weighted by molar-refractivity contribution is 0.0683. The zero-order valence-electron chi connectivity index (χ0n) is 20.8. The Morgan fingerprint density at radius 1 is 0.771 bits per heavy atom. The maximum Gasteiger partial charge on any atom is 0.336 e. The number of hydrogen-bond donors (Lipinski definition) is 4. The zero-order valence-corrected chi connectivity index (χ0v) is 22.8. The van der Waals surface area contributed by atoms with Gasteiger partial charge in [-0.2, -0.15) is 0 Å². The molecule has 9 nitrogen and oxygen atoms in total. The molecule has 2 rings (SSSR count). The molecule has 0 saturated carbocycles.